The Kier molecular flexibility index (Phi) is 5.19. The highest BCUT2D eigenvalue weighted by molar-refractivity contribution is 6.30. The molecule has 0 aliphatic carbocycles. The first-order valence-corrected chi connectivity index (χ1v) is 10.0. The van der Waals surface area contributed by atoms with Crippen LogP contribution in [-0.4, -0.2) is 65.1 Å². The van der Waals surface area contributed by atoms with Crippen molar-refractivity contribution in [1.29, 1.82) is 0 Å². The minimum Gasteiger partial charge on any atom is -0.343 e. The third kappa shape index (κ3) is 3.73. The number of halogens is 1. The zero-order valence-electron chi connectivity index (χ0n) is 15.3. The fraction of sp³-hybridized carbons (Fsp3) is 0.550. The van der Waals surface area contributed by atoms with E-state index in [1.165, 1.54) is 4.90 Å². The van der Waals surface area contributed by atoms with Gasteiger partial charge in [-0.25, -0.2) is 0 Å². The number of benzene rings is 1. The van der Waals surface area contributed by atoms with Crippen LogP contribution in [0.5, 0.6) is 0 Å². The van der Waals surface area contributed by atoms with E-state index in [0.717, 1.165) is 18.5 Å². The Morgan fingerprint density at radius 2 is 1.78 bits per heavy atom. The summed E-state index contributed by atoms with van der Waals surface area (Å²) in [5.74, 6) is -0.379. The van der Waals surface area contributed by atoms with E-state index in [1.54, 1.807) is 0 Å². The number of hydrogen-bond acceptors (Lipinski definition) is 4. The first-order chi connectivity index (χ1) is 13.0. The summed E-state index contributed by atoms with van der Waals surface area (Å²) in [6.45, 7) is 3.77. The molecule has 1 aromatic carbocycles. The predicted molar refractivity (Wildman–Crippen MR) is 101 cm³/mol. The molecule has 4 rings (SSSR count). The van der Waals surface area contributed by atoms with Gasteiger partial charge in [0.1, 0.15) is 0 Å². The highest BCUT2D eigenvalue weighted by Gasteiger charge is 2.51. The zero-order chi connectivity index (χ0) is 19.0. The average molecular weight is 390 g/mol. The molecule has 0 N–H and O–H groups in total. The Balaban J connectivity index is 1.31. The molecule has 0 unspecified atom stereocenters. The number of likely N-dealkylation sites (tertiary alicyclic amines) is 3. The highest BCUT2D eigenvalue weighted by Crippen LogP contribution is 2.34. The van der Waals surface area contributed by atoms with Crippen LogP contribution >= 0.6 is 11.6 Å². The topological polar surface area (TPSA) is 60.9 Å². The van der Waals surface area contributed by atoms with Crippen molar-refractivity contribution in [3.8, 4) is 0 Å². The van der Waals surface area contributed by atoms with E-state index in [-0.39, 0.29) is 29.6 Å². The molecule has 0 bridgehead atoms. The van der Waals surface area contributed by atoms with E-state index < -0.39 is 0 Å². The molecule has 3 aliphatic rings. The van der Waals surface area contributed by atoms with Crippen molar-refractivity contribution >= 4 is 29.3 Å². The molecular weight excluding hydrogens is 366 g/mol. The van der Waals surface area contributed by atoms with Crippen molar-refractivity contribution in [2.45, 2.75) is 25.8 Å². The van der Waals surface area contributed by atoms with Crippen molar-refractivity contribution in [2.24, 2.45) is 11.8 Å². The van der Waals surface area contributed by atoms with Gasteiger partial charge in [0.05, 0.1) is 11.8 Å². The summed E-state index contributed by atoms with van der Waals surface area (Å²) >= 11 is 6.04. The molecule has 0 saturated carbocycles. The second-order valence-electron chi connectivity index (χ2n) is 7.70. The summed E-state index contributed by atoms with van der Waals surface area (Å²) in [5.41, 5.74) is 1.09. The van der Waals surface area contributed by atoms with Crippen LogP contribution in [0.3, 0.4) is 0 Å². The van der Waals surface area contributed by atoms with Gasteiger partial charge in [-0.05, 0) is 30.5 Å². The number of imide groups is 1. The van der Waals surface area contributed by atoms with Gasteiger partial charge in [-0.2, -0.15) is 0 Å². The van der Waals surface area contributed by atoms with Crippen LogP contribution in [0.4, 0.5) is 0 Å². The highest BCUT2D eigenvalue weighted by atomic mass is 35.5. The van der Waals surface area contributed by atoms with Gasteiger partial charge in [-0.3, -0.25) is 24.2 Å². The van der Waals surface area contributed by atoms with Crippen molar-refractivity contribution in [3.63, 3.8) is 0 Å². The molecule has 2 atom stereocenters. The Hall–Kier alpha value is -1.92. The van der Waals surface area contributed by atoms with Gasteiger partial charge in [-0.1, -0.05) is 23.7 Å². The van der Waals surface area contributed by atoms with E-state index in [4.69, 9.17) is 11.6 Å². The first kappa shape index (κ1) is 18.4. The van der Waals surface area contributed by atoms with E-state index >= 15 is 0 Å². The number of amides is 3. The number of rotatable bonds is 6. The maximum absolute atomic E-state index is 12.7. The van der Waals surface area contributed by atoms with Crippen molar-refractivity contribution in [3.05, 3.63) is 34.9 Å². The van der Waals surface area contributed by atoms with Crippen LogP contribution in [0, 0.1) is 11.8 Å². The maximum Gasteiger partial charge on any atom is 0.234 e. The van der Waals surface area contributed by atoms with E-state index in [9.17, 15) is 14.4 Å². The van der Waals surface area contributed by atoms with Crippen molar-refractivity contribution in [1.82, 2.24) is 14.7 Å². The second-order valence-corrected chi connectivity index (χ2v) is 8.14. The number of nitrogens with zero attached hydrogens (tertiary/aromatic N) is 3. The van der Waals surface area contributed by atoms with Gasteiger partial charge in [-0.15, -0.1) is 0 Å². The smallest absolute Gasteiger partial charge is 0.234 e. The number of carbonyl (C=O) groups excluding carboxylic acids is 3. The van der Waals surface area contributed by atoms with Gasteiger partial charge in [0.2, 0.25) is 17.7 Å². The van der Waals surface area contributed by atoms with Gasteiger partial charge in [0, 0.05) is 50.7 Å². The summed E-state index contributed by atoms with van der Waals surface area (Å²) in [6.07, 6.45) is 2.19. The maximum atomic E-state index is 12.7. The van der Waals surface area contributed by atoms with Crippen molar-refractivity contribution < 1.29 is 14.4 Å². The lowest BCUT2D eigenvalue weighted by molar-refractivity contribution is -0.140. The van der Waals surface area contributed by atoms with E-state index in [2.05, 4.69) is 4.90 Å². The Morgan fingerprint density at radius 3 is 2.41 bits per heavy atom. The fourth-order valence-corrected chi connectivity index (χ4v) is 4.71. The molecule has 3 aliphatic heterocycles. The minimum absolute atomic E-state index is 0.0497. The largest absolute Gasteiger partial charge is 0.343 e. The van der Waals surface area contributed by atoms with Gasteiger partial charge >= 0.3 is 0 Å². The molecule has 3 fully saturated rings. The molecule has 0 radical (unpaired) electrons. The molecule has 0 spiro atoms. The lowest BCUT2D eigenvalue weighted by Crippen LogP contribution is -2.38. The standard InChI is InChI=1S/C20H24ClN3O3/c21-15-5-1-4-14(10-15)11-22-12-16-17(13-22)20(27)24(19(16)26)9-3-8-23-7-2-6-18(23)25/h1,4-5,10,16-17H,2-3,6-9,11-13H2/t16-,17+. The normalized spacial score (nSPS) is 25.7. The van der Waals surface area contributed by atoms with Gasteiger partial charge < -0.3 is 4.90 Å². The third-order valence-electron chi connectivity index (χ3n) is 5.84. The summed E-state index contributed by atoms with van der Waals surface area (Å²) < 4.78 is 0. The Morgan fingerprint density at radius 1 is 1.04 bits per heavy atom. The second kappa shape index (κ2) is 7.60. The number of fused-ring (bicyclic) bond motifs is 1. The predicted octanol–water partition coefficient (Wildman–Crippen LogP) is 1.77. The molecule has 3 saturated heterocycles. The molecule has 0 aromatic heterocycles. The number of hydrogen-bond donors (Lipinski definition) is 0. The van der Waals surface area contributed by atoms with E-state index in [1.807, 2.05) is 29.2 Å². The Labute approximate surface area is 164 Å². The lowest BCUT2D eigenvalue weighted by Gasteiger charge is -2.22. The number of carbonyl (C=O) groups is 3. The zero-order valence-corrected chi connectivity index (χ0v) is 16.0. The van der Waals surface area contributed by atoms with Crippen LogP contribution in [-0.2, 0) is 20.9 Å². The van der Waals surface area contributed by atoms with Gasteiger partial charge in [0.15, 0.2) is 0 Å². The van der Waals surface area contributed by atoms with Gasteiger partial charge in [0.25, 0.3) is 0 Å². The minimum atomic E-state index is -0.231. The monoisotopic (exact) mass is 389 g/mol. The molecule has 7 heteroatoms. The molecule has 3 heterocycles. The molecular formula is C20H24ClN3O3. The van der Waals surface area contributed by atoms with Crippen LogP contribution in [0.2, 0.25) is 5.02 Å². The third-order valence-corrected chi connectivity index (χ3v) is 6.07. The van der Waals surface area contributed by atoms with E-state index in [0.29, 0.717) is 50.6 Å². The molecule has 6 nitrogen and oxygen atoms in total. The van der Waals surface area contributed by atoms with Crippen LogP contribution < -0.4 is 0 Å². The SMILES string of the molecule is O=C1CCCN1CCCN1C(=O)[C@H]2CN(Cc3cccc(Cl)c3)C[C@H]2C1=O. The van der Waals surface area contributed by atoms with Crippen molar-refractivity contribution in [2.75, 3.05) is 32.7 Å². The summed E-state index contributed by atoms with van der Waals surface area (Å²) in [4.78, 5) is 42.5. The van der Waals surface area contributed by atoms with Crippen LogP contribution in [0.15, 0.2) is 24.3 Å². The molecule has 3 amide bonds. The molecule has 1 aromatic rings. The average Bonchev–Trinajstić information content (AvgIpc) is 3.29. The van der Waals surface area contributed by atoms with Crippen LogP contribution in [0.1, 0.15) is 24.8 Å². The van der Waals surface area contributed by atoms with Crippen LogP contribution in [0.25, 0.3) is 0 Å². The Bertz CT molecular complexity index is 745. The molecule has 27 heavy (non-hydrogen) atoms. The summed E-state index contributed by atoms with van der Waals surface area (Å²) in [5, 5.41) is 0.696. The quantitative estimate of drug-likeness (QED) is 0.696. The fourth-order valence-electron chi connectivity index (χ4n) is 4.50. The summed E-state index contributed by atoms with van der Waals surface area (Å²) in [6, 6.07) is 7.68. The molecule has 144 valence electrons. The summed E-state index contributed by atoms with van der Waals surface area (Å²) in [7, 11) is 0. The first-order valence-electron chi connectivity index (χ1n) is 9.63. The lowest BCUT2D eigenvalue weighted by atomic mass is 10.00.